The van der Waals surface area contributed by atoms with Crippen LogP contribution in [0.15, 0.2) is 36.4 Å². The Labute approximate surface area is 97.2 Å². The summed E-state index contributed by atoms with van der Waals surface area (Å²) in [6.07, 6.45) is 0. The van der Waals surface area contributed by atoms with Crippen molar-refractivity contribution in [1.82, 2.24) is 9.97 Å². The summed E-state index contributed by atoms with van der Waals surface area (Å²) >= 11 is 0. The number of rotatable bonds is 1. The third-order valence-electron chi connectivity index (χ3n) is 2.73. The van der Waals surface area contributed by atoms with E-state index in [1.165, 1.54) is 7.11 Å². The van der Waals surface area contributed by atoms with Gasteiger partial charge in [0.25, 0.3) is 0 Å². The number of benzene rings is 2. The first-order valence-electron chi connectivity index (χ1n) is 5.25. The summed E-state index contributed by atoms with van der Waals surface area (Å²) in [5.41, 5.74) is 1.60. The summed E-state index contributed by atoms with van der Waals surface area (Å²) < 4.78 is 4.63. The average Bonchev–Trinajstić information content (AvgIpc) is 2.77. The number of methoxy groups -OCH3 is 1. The number of nitrogens with one attached hydrogen (secondary N) is 1. The van der Waals surface area contributed by atoms with Gasteiger partial charge < -0.3 is 9.72 Å². The van der Waals surface area contributed by atoms with Crippen LogP contribution < -0.4 is 0 Å². The number of imidazole rings is 1. The van der Waals surface area contributed by atoms with Crippen molar-refractivity contribution < 1.29 is 9.53 Å². The van der Waals surface area contributed by atoms with E-state index in [9.17, 15) is 4.79 Å². The highest BCUT2D eigenvalue weighted by molar-refractivity contribution is 5.97. The van der Waals surface area contributed by atoms with E-state index >= 15 is 0 Å². The molecule has 1 heterocycles. The molecule has 1 aromatic heterocycles. The predicted octanol–water partition coefficient (Wildman–Crippen LogP) is 2.50. The van der Waals surface area contributed by atoms with Crippen LogP contribution >= 0.6 is 0 Å². The number of fused-ring (bicyclic) bond motifs is 2. The molecule has 0 radical (unpaired) electrons. The van der Waals surface area contributed by atoms with Crippen LogP contribution in [0, 0.1) is 0 Å². The van der Waals surface area contributed by atoms with E-state index in [1.54, 1.807) is 0 Å². The van der Waals surface area contributed by atoms with Crippen molar-refractivity contribution in [3.8, 4) is 0 Å². The Hall–Kier alpha value is -2.36. The fraction of sp³-hybridized carbons (Fsp3) is 0.0769. The van der Waals surface area contributed by atoms with Gasteiger partial charge in [-0.05, 0) is 22.9 Å². The van der Waals surface area contributed by atoms with Gasteiger partial charge in [-0.15, -0.1) is 0 Å². The van der Waals surface area contributed by atoms with Crippen LogP contribution in [0.2, 0.25) is 0 Å². The van der Waals surface area contributed by atoms with Crippen LogP contribution in [0.5, 0.6) is 0 Å². The standard InChI is InChI=1S/C13H10N2O2/c1-17-13(16)12-14-10-6-8-4-2-3-5-9(8)7-11(10)15-12/h2-7H,1H3,(H,14,15). The molecule has 3 aromatic rings. The van der Waals surface area contributed by atoms with E-state index in [0.717, 1.165) is 21.8 Å². The lowest BCUT2D eigenvalue weighted by Gasteiger charge is -1.95. The van der Waals surface area contributed by atoms with E-state index in [1.807, 2.05) is 36.4 Å². The number of hydrogen-bond donors (Lipinski definition) is 1. The van der Waals surface area contributed by atoms with E-state index in [4.69, 9.17) is 0 Å². The minimum atomic E-state index is -0.453. The minimum Gasteiger partial charge on any atom is -0.463 e. The van der Waals surface area contributed by atoms with E-state index < -0.39 is 5.97 Å². The average molecular weight is 226 g/mol. The van der Waals surface area contributed by atoms with Gasteiger partial charge in [0.1, 0.15) is 0 Å². The number of ether oxygens (including phenoxy) is 1. The fourth-order valence-electron chi connectivity index (χ4n) is 1.89. The number of carbonyl (C=O) groups excluding carboxylic acids is 1. The third kappa shape index (κ3) is 1.54. The van der Waals surface area contributed by atoms with Crippen molar-refractivity contribution in [2.24, 2.45) is 0 Å². The highest BCUT2D eigenvalue weighted by atomic mass is 16.5. The molecule has 3 rings (SSSR count). The van der Waals surface area contributed by atoms with E-state index in [2.05, 4.69) is 14.7 Å². The first-order valence-corrected chi connectivity index (χ1v) is 5.25. The molecule has 1 N–H and O–H groups in total. The molecule has 0 saturated carbocycles. The molecule has 0 aliphatic rings. The highest BCUT2D eigenvalue weighted by Crippen LogP contribution is 2.21. The molecule has 2 aromatic carbocycles. The van der Waals surface area contributed by atoms with E-state index in [0.29, 0.717) is 0 Å². The maximum atomic E-state index is 11.4. The second kappa shape index (κ2) is 3.59. The Morgan fingerprint density at radius 1 is 1.24 bits per heavy atom. The van der Waals surface area contributed by atoms with Crippen molar-refractivity contribution >= 4 is 27.8 Å². The molecule has 0 spiro atoms. The number of H-pyrrole nitrogens is 1. The SMILES string of the molecule is COC(=O)c1nc2cc3ccccc3cc2[nH]1. The number of carbonyl (C=O) groups is 1. The van der Waals surface area contributed by atoms with Gasteiger partial charge in [-0.2, -0.15) is 0 Å². The van der Waals surface area contributed by atoms with Crippen LogP contribution in [0.4, 0.5) is 0 Å². The van der Waals surface area contributed by atoms with Crippen molar-refractivity contribution in [2.45, 2.75) is 0 Å². The number of nitrogens with zero attached hydrogens (tertiary/aromatic N) is 1. The van der Waals surface area contributed by atoms with Gasteiger partial charge in [-0.3, -0.25) is 0 Å². The van der Waals surface area contributed by atoms with Crippen molar-refractivity contribution in [3.05, 3.63) is 42.2 Å². The highest BCUT2D eigenvalue weighted by Gasteiger charge is 2.11. The Bertz CT molecular complexity index is 663. The maximum Gasteiger partial charge on any atom is 0.374 e. The van der Waals surface area contributed by atoms with Crippen molar-refractivity contribution in [3.63, 3.8) is 0 Å². The molecule has 0 atom stereocenters. The summed E-state index contributed by atoms with van der Waals surface area (Å²) in [4.78, 5) is 18.5. The van der Waals surface area contributed by atoms with Gasteiger partial charge in [-0.1, -0.05) is 24.3 Å². The number of aromatic amines is 1. The van der Waals surface area contributed by atoms with Gasteiger partial charge in [0.2, 0.25) is 5.82 Å². The molecule has 0 fully saturated rings. The quantitative estimate of drug-likeness (QED) is 0.648. The lowest BCUT2D eigenvalue weighted by Crippen LogP contribution is -2.02. The zero-order valence-corrected chi connectivity index (χ0v) is 9.23. The Morgan fingerprint density at radius 3 is 2.65 bits per heavy atom. The second-order valence-corrected chi connectivity index (χ2v) is 3.79. The van der Waals surface area contributed by atoms with Crippen LogP contribution in [0.3, 0.4) is 0 Å². The Balaban J connectivity index is 2.28. The lowest BCUT2D eigenvalue weighted by molar-refractivity contribution is 0.0588. The van der Waals surface area contributed by atoms with Crippen LogP contribution in [-0.2, 0) is 4.74 Å². The smallest absolute Gasteiger partial charge is 0.374 e. The third-order valence-corrected chi connectivity index (χ3v) is 2.73. The van der Waals surface area contributed by atoms with Gasteiger partial charge in [-0.25, -0.2) is 9.78 Å². The molecule has 0 bridgehead atoms. The molecule has 0 unspecified atom stereocenters. The van der Waals surface area contributed by atoms with Crippen LogP contribution in [-0.4, -0.2) is 23.0 Å². The van der Waals surface area contributed by atoms with Gasteiger partial charge in [0.05, 0.1) is 18.1 Å². The topological polar surface area (TPSA) is 55.0 Å². The summed E-state index contributed by atoms with van der Waals surface area (Å²) in [5.74, 6) is -0.219. The first kappa shape index (κ1) is 9.84. The maximum absolute atomic E-state index is 11.4. The van der Waals surface area contributed by atoms with Crippen LogP contribution in [0.1, 0.15) is 10.6 Å². The summed E-state index contributed by atoms with van der Waals surface area (Å²) in [5, 5.41) is 2.21. The van der Waals surface area contributed by atoms with Gasteiger partial charge in [0.15, 0.2) is 0 Å². The second-order valence-electron chi connectivity index (χ2n) is 3.79. The molecule has 84 valence electrons. The Kier molecular flexibility index (Phi) is 2.08. The van der Waals surface area contributed by atoms with Crippen molar-refractivity contribution in [2.75, 3.05) is 7.11 Å². The number of hydrogen-bond acceptors (Lipinski definition) is 3. The summed E-state index contributed by atoms with van der Waals surface area (Å²) in [6.45, 7) is 0. The Morgan fingerprint density at radius 2 is 1.94 bits per heavy atom. The molecule has 0 aliphatic heterocycles. The molecule has 17 heavy (non-hydrogen) atoms. The van der Waals surface area contributed by atoms with Crippen LogP contribution in [0.25, 0.3) is 21.8 Å². The molecule has 4 nitrogen and oxygen atoms in total. The first-order chi connectivity index (χ1) is 8.28. The largest absolute Gasteiger partial charge is 0.463 e. The molecule has 0 aliphatic carbocycles. The molecular weight excluding hydrogens is 216 g/mol. The zero-order chi connectivity index (χ0) is 11.8. The molecule has 4 heteroatoms. The van der Waals surface area contributed by atoms with Gasteiger partial charge >= 0.3 is 5.97 Å². The molecule has 0 amide bonds. The van der Waals surface area contributed by atoms with Crippen molar-refractivity contribution in [1.29, 1.82) is 0 Å². The lowest BCUT2D eigenvalue weighted by atomic mass is 10.1. The van der Waals surface area contributed by atoms with E-state index in [-0.39, 0.29) is 5.82 Å². The fourth-order valence-corrected chi connectivity index (χ4v) is 1.89. The number of esters is 1. The summed E-state index contributed by atoms with van der Waals surface area (Å²) in [7, 11) is 1.34. The zero-order valence-electron chi connectivity index (χ0n) is 9.23. The van der Waals surface area contributed by atoms with Gasteiger partial charge in [0, 0.05) is 0 Å². The molecular formula is C13H10N2O2. The molecule has 0 saturated heterocycles. The normalized spacial score (nSPS) is 10.9. The predicted molar refractivity (Wildman–Crippen MR) is 64.9 cm³/mol. The number of aromatic nitrogens is 2. The monoisotopic (exact) mass is 226 g/mol. The summed E-state index contributed by atoms with van der Waals surface area (Å²) in [6, 6.07) is 11.9. The minimum absolute atomic E-state index is 0.234.